The molecule has 0 spiro atoms. The molecule has 0 unspecified atom stereocenters. The summed E-state index contributed by atoms with van der Waals surface area (Å²) in [4.78, 5) is 21.4. The van der Waals surface area contributed by atoms with Crippen LogP contribution in [0.4, 0.5) is 0 Å². The average molecular weight is 511 g/mol. The summed E-state index contributed by atoms with van der Waals surface area (Å²) in [6, 6.07) is 0. The summed E-state index contributed by atoms with van der Waals surface area (Å²) in [7, 11) is 0. The van der Waals surface area contributed by atoms with E-state index in [9.17, 15) is 9.59 Å². The number of carbonyl (C=O) groups is 2. The Bertz CT molecular complexity index is 515. The van der Waals surface area contributed by atoms with E-state index in [1.807, 2.05) is 0 Å². The van der Waals surface area contributed by atoms with Crippen molar-refractivity contribution in [2.75, 3.05) is 112 Å². The molecule has 0 radical (unpaired) electrons. The van der Waals surface area contributed by atoms with E-state index in [1.54, 1.807) is 6.92 Å². The number of ether oxygens (including phenoxy) is 9. The number of carbonyl (C=O) groups excluding carboxylic acids is 1. The van der Waals surface area contributed by atoms with E-state index in [0.29, 0.717) is 105 Å². The van der Waals surface area contributed by atoms with Gasteiger partial charge in [0.2, 0.25) is 0 Å². The lowest BCUT2D eigenvalue weighted by atomic mass is 10.4. The van der Waals surface area contributed by atoms with Gasteiger partial charge in [-0.3, -0.25) is 4.79 Å². The smallest absolute Gasteiger partial charge is 0.333 e. The predicted octanol–water partition coefficient (Wildman–Crippen LogP) is 0.713. The third-order valence-corrected chi connectivity index (χ3v) is 3.87. The van der Waals surface area contributed by atoms with Gasteiger partial charge >= 0.3 is 11.9 Å². The second-order valence-electron chi connectivity index (χ2n) is 6.96. The number of esters is 1. The quantitative estimate of drug-likeness (QED) is 0.0901. The highest BCUT2D eigenvalue weighted by molar-refractivity contribution is 5.86. The number of carboxylic acids is 1. The third kappa shape index (κ3) is 28.5. The van der Waals surface area contributed by atoms with Crippen molar-refractivity contribution in [1.29, 1.82) is 0 Å². The van der Waals surface area contributed by atoms with E-state index in [0.717, 1.165) is 0 Å². The standard InChI is InChI=1S/C23H42O12/c1-21(2)23(26)35-20-19-34-18-17-33-16-15-32-14-13-31-12-11-30-10-9-29-8-7-28-6-5-27-4-3-22(24)25/h1,3-20H2,2H3,(H,24,25). The summed E-state index contributed by atoms with van der Waals surface area (Å²) in [6.45, 7) is 12.1. The van der Waals surface area contributed by atoms with Gasteiger partial charge in [0.25, 0.3) is 0 Å². The largest absolute Gasteiger partial charge is 0.481 e. The van der Waals surface area contributed by atoms with Gasteiger partial charge in [0.15, 0.2) is 0 Å². The van der Waals surface area contributed by atoms with E-state index >= 15 is 0 Å². The maximum atomic E-state index is 11.1. The van der Waals surface area contributed by atoms with E-state index in [-0.39, 0.29) is 19.6 Å². The highest BCUT2D eigenvalue weighted by atomic mass is 16.6. The summed E-state index contributed by atoms with van der Waals surface area (Å²) in [6.07, 6.45) is -0.00412. The molecule has 0 aliphatic heterocycles. The molecule has 206 valence electrons. The molecule has 0 amide bonds. The van der Waals surface area contributed by atoms with Gasteiger partial charge < -0.3 is 47.7 Å². The third-order valence-electron chi connectivity index (χ3n) is 3.87. The summed E-state index contributed by atoms with van der Waals surface area (Å²) in [5.41, 5.74) is 0.365. The number of hydrogen-bond donors (Lipinski definition) is 1. The lowest BCUT2D eigenvalue weighted by molar-refractivity contribution is -0.141. The first-order valence-corrected chi connectivity index (χ1v) is 11.7. The fourth-order valence-electron chi connectivity index (χ4n) is 2.12. The number of aliphatic carboxylic acids is 1. The summed E-state index contributed by atoms with van der Waals surface area (Å²) in [5, 5.41) is 8.45. The maximum absolute atomic E-state index is 11.1. The molecule has 12 heteroatoms. The summed E-state index contributed by atoms with van der Waals surface area (Å²) in [5.74, 6) is -1.29. The van der Waals surface area contributed by atoms with Gasteiger partial charge in [-0.05, 0) is 6.92 Å². The first-order chi connectivity index (χ1) is 17.0. The molecule has 0 heterocycles. The number of carboxylic acid groups (broad SMARTS) is 1. The molecule has 0 aromatic heterocycles. The Kier molecular flexibility index (Phi) is 25.7. The van der Waals surface area contributed by atoms with Crippen molar-refractivity contribution < 1.29 is 57.3 Å². The molecule has 0 aromatic carbocycles. The van der Waals surface area contributed by atoms with Crippen LogP contribution in [0.5, 0.6) is 0 Å². The minimum Gasteiger partial charge on any atom is -0.481 e. The lowest BCUT2D eigenvalue weighted by Gasteiger charge is -2.09. The van der Waals surface area contributed by atoms with Gasteiger partial charge in [-0.2, -0.15) is 0 Å². The van der Waals surface area contributed by atoms with Crippen LogP contribution in [0.15, 0.2) is 12.2 Å². The van der Waals surface area contributed by atoms with Gasteiger partial charge in [-0.1, -0.05) is 6.58 Å². The van der Waals surface area contributed by atoms with Crippen molar-refractivity contribution >= 4 is 11.9 Å². The van der Waals surface area contributed by atoms with Crippen molar-refractivity contribution in [1.82, 2.24) is 0 Å². The Morgan fingerprint density at radius 3 is 1.03 bits per heavy atom. The van der Waals surface area contributed by atoms with Crippen LogP contribution in [-0.2, 0) is 52.2 Å². The highest BCUT2D eigenvalue weighted by Crippen LogP contribution is 1.92. The van der Waals surface area contributed by atoms with E-state index in [2.05, 4.69) is 6.58 Å². The number of rotatable bonds is 28. The van der Waals surface area contributed by atoms with Crippen LogP contribution in [0.25, 0.3) is 0 Å². The lowest BCUT2D eigenvalue weighted by Crippen LogP contribution is -2.15. The van der Waals surface area contributed by atoms with E-state index < -0.39 is 11.9 Å². The van der Waals surface area contributed by atoms with Crippen LogP contribution in [0.1, 0.15) is 13.3 Å². The molecular formula is C23H42O12. The Morgan fingerprint density at radius 1 is 0.514 bits per heavy atom. The zero-order valence-electron chi connectivity index (χ0n) is 20.9. The Morgan fingerprint density at radius 2 is 0.771 bits per heavy atom. The van der Waals surface area contributed by atoms with Gasteiger partial charge in [0.1, 0.15) is 6.61 Å². The monoisotopic (exact) mass is 510 g/mol. The highest BCUT2D eigenvalue weighted by Gasteiger charge is 2.02. The molecule has 35 heavy (non-hydrogen) atoms. The van der Waals surface area contributed by atoms with Crippen LogP contribution in [-0.4, -0.2) is 129 Å². The first-order valence-electron chi connectivity index (χ1n) is 11.7. The fraction of sp³-hybridized carbons (Fsp3) is 0.826. The molecule has 1 N–H and O–H groups in total. The Hall–Kier alpha value is -1.64. The van der Waals surface area contributed by atoms with Crippen molar-refractivity contribution in [3.05, 3.63) is 12.2 Å². The van der Waals surface area contributed by atoms with Crippen LogP contribution in [0, 0.1) is 0 Å². The molecule has 0 saturated heterocycles. The van der Waals surface area contributed by atoms with Crippen LogP contribution < -0.4 is 0 Å². The zero-order valence-corrected chi connectivity index (χ0v) is 20.9. The van der Waals surface area contributed by atoms with Crippen LogP contribution in [0.2, 0.25) is 0 Å². The molecule has 0 fully saturated rings. The van der Waals surface area contributed by atoms with E-state index in [4.69, 9.17) is 47.7 Å². The van der Waals surface area contributed by atoms with Gasteiger partial charge in [0.05, 0.1) is 112 Å². The minimum absolute atomic E-state index is 0.00412. The van der Waals surface area contributed by atoms with Crippen molar-refractivity contribution in [2.45, 2.75) is 13.3 Å². The Labute approximate surface area is 207 Å². The molecule has 0 aliphatic rings. The van der Waals surface area contributed by atoms with Crippen LogP contribution in [0.3, 0.4) is 0 Å². The molecule has 0 rings (SSSR count). The Balaban J connectivity index is 3.07. The maximum Gasteiger partial charge on any atom is 0.333 e. The number of hydrogen-bond acceptors (Lipinski definition) is 11. The zero-order chi connectivity index (χ0) is 25.8. The summed E-state index contributed by atoms with van der Waals surface area (Å²) < 4.78 is 47.5. The molecule has 12 nitrogen and oxygen atoms in total. The molecule has 0 aliphatic carbocycles. The van der Waals surface area contributed by atoms with Gasteiger partial charge in [-0.25, -0.2) is 4.79 Å². The predicted molar refractivity (Wildman–Crippen MR) is 125 cm³/mol. The molecular weight excluding hydrogens is 468 g/mol. The normalized spacial score (nSPS) is 11.0. The van der Waals surface area contributed by atoms with Crippen molar-refractivity contribution in [3.8, 4) is 0 Å². The molecule has 0 atom stereocenters. The van der Waals surface area contributed by atoms with E-state index in [1.165, 1.54) is 0 Å². The first kappa shape index (κ1) is 33.4. The van der Waals surface area contributed by atoms with Crippen molar-refractivity contribution in [3.63, 3.8) is 0 Å². The van der Waals surface area contributed by atoms with Gasteiger partial charge in [0, 0.05) is 5.57 Å². The molecule has 0 saturated carbocycles. The molecule has 0 aromatic rings. The van der Waals surface area contributed by atoms with Crippen molar-refractivity contribution in [2.24, 2.45) is 0 Å². The average Bonchev–Trinajstić information content (AvgIpc) is 2.83. The van der Waals surface area contributed by atoms with Crippen LogP contribution >= 0.6 is 0 Å². The molecule has 0 bridgehead atoms. The second-order valence-corrected chi connectivity index (χ2v) is 6.96. The topological polar surface area (TPSA) is 137 Å². The second kappa shape index (κ2) is 27.0. The summed E-state index contributed by atoms with van der Waals surface area (Å²) >= 11 is 0. The SMILES string of the molecule is C=C(C)C(=O)OCCOCCOCCOCCOCCOCCOCCOCCOCCC(=O)O. The fourth-order valence-corrected chi connectivity index (χ4v) is 2.12. The van der Waals surface area contributed by atoms with Gasteiger partial charge in [-0.15, -0.1) is 0 Å². The minimum atomic E-state index is -0.877.